The van der Waals surface area contributed by atoms with E-state index in [9.17, 15) is 9.59 Å². The zero-order valence-electron chi connectivity index (χ0n) is 15.7. The minimum atomic E-state index is -0.495. The highest BCUT2D eigenvalue weighted by molar-refractivity contribution is 5.86. The average Bonchev–Trinajstić information content (AvgIpc) is 2.48. The highest BCUT2D eigenvalue weighted by Gasteiger charge is 2.22. The molecule has 2 N–H and O–H groups in total. The van der Waals surface area contributed by atoms with Gasteiger partial charge in [-0.15, -0.1) is 0 Å². The number of rotatable bonds is 8. The Labute approximate surface area is 145 Å². The molecule has 134 valence electrons. The molecule has 0 aliphatic carbocycles. The third-order valence-corrected chi connectivity index (χ3v) is 3.95. The second kappa shape index (κ2) is 9.30. The Kier molecular flexibility index (Phi) is 7.75. The lowest BCUT2D eigenvalue weighted by Crippen LogP contribution is -2.49. The molecular formula is C19H30N2O3. The zero-order chi connectivity index (χ0) is 18.3. The van der Waals surface area contributed by atoms with E-state index < -0.39 is 6.04 Å². The molecule has 2 amide bonds. The summed E-state index contributed by atoms with van der Waals surface area (Å²) in [6.45, 7) is 12.5. The highest BCUT2D eigenvalue weighted by Crippen LogP contribution is 2.23. The van der Waals surface area contributed by atoms with E-state index >= 15 is 0 Å². The number of hydrogen-bond acceptors (Lipinski definition) is 3. The lowest BCUT2D eigenvalue weighted by molar-refractivity contribution is -0.129. The molecule has 0 saturated heterocycles. The molecule has 0 bridgehead atoms. The first-order valence-electron chi connectivity index (χ1n) is 8.47. The molecule has 1 aromatic rings. The molecule has 0 aromatic heterocycles. The first-order valence-corrected chi connectivity index (χ1v) is 8.47. The predicted octanol–water partition coefficient (Wildman–Crippen LogP) is 2.66. The number of carbonyl (C=O) groups is 2. The van der Waals surface area contributed by atoms with Crippen molar-refractivity contribution in [1.82, 2.24) is 10.6 Å². The molecule has 1 aromatic carbocycles. The summed E-state index contributed by atoms with van der Waals surface area (Å²) in [7, 11) is 0. The van der Waals surface area contributed by atoms with Gasteiger partial charge >= 0.3 is 0 Å². The fourth-order valence-electron chi connectivity index (χ4n) is 2.48. The van der Waals surface area contributed by atoms with E-state index in [0.717, 1.165) is 11.3 Å². The van der Waals surface area contributed by atoms with Crippen LogP contribution in [-0.2, 0) is 9.59 Å². The Morgan fingerprint density at radius 2 is 1.83 bits per heavy atom. The second-order valence-electron chi connectivity index (χ2n) is 6.62. The summed E-state index contributed by atoms with van der Waals surface area (Å²) in [6, 6.07) is 3.67. The highest BCUT2D eigenvalue weighted by atomic mass is 16.5. The van der Waals surface area contributed by atoms with Gasteiger partial charge in [-0.05, 0) is 55.9 Å². The molecule has 5 nitrogen and oxygen atoms in total. The molecule has 0 heterocycles. The predicted molar refractivity (Wildman–Crippen MR) is 96.2 cm³/mol. The van der Waals surface area contributed by atoms with Gasteiger partial charge in [0.25, 0.3) is 0 Å². The Morgan fingerprint density at radius 1 is 1.17 bits per heavy atom. The molecule has 0 spiro atoms. The van der Waals surface area contributed by atoms with Crippen LogP contribution in [0, 0.1) is 26.7 Å². The summed E-state index contributed by atoms with van der Waals surface area (Å²) < 4.78 is 5.83. The van der Waals surface area contributed by atoms with Gasteiger partial charge in [-0.25, -0.2) is 0 Å². The van der Waals surface area contributed by atoms with Crippen LogP contribution in [0.5, 0.6) is 5.75 Å². The molecule has 0 aliphatic heterocycles. The van der Waals surface area contributed by atoms with Crippen LogP contribution in [0.15, 0.2) is 12.1 Å². The SMILES string of the molecule is CC(=O)N[C@@H](C(=O)NCCCOc1cc(C)cc(C)c1C)C(C)C. The van der Waals surface area contributed by atoms with Crippen molar-refractivity contribution in [1.29, 1.82) is 0 Å². The van der Waals surface area contributed by atoms with Crippen molar-refractivity contribution in [2.45, 2.75) is 54.0 Å². The van der Waals surface area contributed by atoms with Crippen LogP contribution < -0.4 is 15.4 Å². The van der Waals surface area contributed by atoms with Crippen molar-refractivity contribution in [3.8, 4) is 5.75 Å². The summed E-state index contributed by atoms with van der Waals surface area (Å²) in [5, 5.41) is 5.54. The first-order chi connectivity index (χ1) is 11.2. The molecule has 0 unspecified atom stereocenters. The van der Waals surface area contributed by atoms with Gasteiger partial charge in [-0.1, -0.05) is 19.9 Å². The molecular weight excluding hydrogens is 304 g/mol. The fourth-order valence-corrected chi connectivity index (χ4v) is 2.48. The lowest BCUT2D eigenvalue weighted by Gasteiger charge is -2.21. The van der Waals surface area contributed by atoms with Crippen molar-refractivity contribution in [3.63, 3.8) is 0 Å². The van der Waals surface area contributed by atoms with Gasteiger partial charge < -0.3 is 15.4 Å². The van der Waals surface area contributed by atoms with Gasteiger partial charge in [0.15, 0.2) is 0 Å². The molecule has 0 saturated carbocycles. The van der Waals surface area contributed by atoms with E-state index in [0.29, 0.717) is 19.6 Å². The van der Waals surface area contributed by atoms with Gasteiger partial charge in [-0.2, -0.15) is 0 Å². The second-order valence-corrected chi connectivity index (χ2v) is 6.62. The van der Waals surface area contributed by atoms with Gasteiger partial charge in [0.2, 0.25) is 11.8 Å². The van der Waals surface area contributed by atoms with Crippen LogP contribution in [0.1, 0.15) is 43.9 Å². The minimum Gasteiger partial charge on any atom is -0.493 e. The third kappa shape index (κ3) is 6.22. The quantitative estimate of drug-likeness (QED) is 0.718. The van der Waals surface area contributed by atoms with E-state index in [4.69, 9.17) is 4.74 Å². The van der Waals surface area contributed by atoms with Crippen LogP contribution in [-0.4, -0.2) is 31.0 Å². The van der Waals surface area contributed by atoms with Crippen LogP contribution in [0.4, 0.5) is 0 Å². The largest absolute Gasteiger partial charge is 0.493 e. The van der Waals surface area contributed by atoms with Crippen molar-refractivity contribution < 1.29 is 14.3 Å². The number of nitrogens with one attached hydrogen (secondary N) is 2. The standard InChI is InChI=1S/C19H30N2O3/c1-12(2)18(21-16(6)22)19(23)20-8-7-9-24-17-11-13(3)10-14(4)15(17)5/h10-12,18H,7-9H2,1-6H3,(H,20,23)(H,21,22)/t18-/m1/s1. The number of hydrogen-bond donors (Lipinski definition) is 2. The molecule has 0 fully saturated rings. The molecule has 0 radical (unpaired) electrons. The number of aryl methyl sites for hydroxylation is 2. The maximum atomic E-state index is 12.1. The topological polar surface area (TPSA) is 67.4 Å². The molecule has 24 heavy (non-hydrogen) atoms. The minimum absolute atomic E-state index is 0.0445. The molecule has 5 heteroatoms. The summed E-state index contributed by atoms with van der Waals surface area (Å²) >= 11 is 0. The monoisotopic (exact) mass is 334 g/mol. The Bertz CT molecular complexity index is 582. The summed E-state index contributed by atoms with van der Waals surface area (Å²) in [5.41, 5.74) is 3.54. The zero-order valence-corrected chi connectivity index (χ0v) is 15.7. The van der Waals surface area contributed by atoms with Crippen LogP contribution in [0.25, 0.3) is 0 Å². The Balaban J connectivity index is 2.41. The summed E-state index contributed by atoms with van der Waals surface area (Å²) in [4.78, 5) is 23.3. The number of ether oxygens (including phenoxy) is 1. The first kappa shape index (κ1) is 20.0. The lowest BCUT2D eigenvalue weighted by atomic mass is 10.0. The van der Waals surface area contributed by atoms with Gasteiger partial charge in [0.1, 0.15) is 11.8 Å². The van der Waals surface area contributed by atoms with Crippen LogP contribution in [0.2, 0.25) is 0 Å². The molecule has 1 atom stereocenters. The van der Waals surface area contributed by atoms with Gasteiger partial charge in [0, 0.05) is 13.5 Å². The van der Waals surface area contributed by atoms with E-state index in [1.54, 1.807) is 0 Å². The maximum Gasteiger partial charge on any atom is 0.242 e. The van der Waals surface area contributed by atoms with E-state index in [1.165, 1.54) is 18.1 Å². The third-order valence-electron chi connectivity index (χ3n) is 3.95. The maximum absolute atomic E-state index is 12.1. The van der Waals surface area contributed by atoms with E-state index in [1.807, 2.05) is 33.8 Å². The van der Waals surface area contributed by atoms with Gasteiger partial charge in [-0.3, -0.25) is 9.59 Å². The van der Waals surface area contributed by atoms with Crippen molar-refractivity contribution in [2.75, 3.05) is 13.2 Å². The van der Waals surface area contributed by atoms with Crippen LogP contribution in [0.3, 0.4) is 0 Å². The van der Waals surface area contributed by atoms with Crippen molar-refractivity contribution in [3.05, 3.63) is 28.8 Å². The van der Waals surface area contributed by atoms with Crippen LogP contribution >= 0.6 is 0 Å². The average molecular weight is 334 g/mol. The van der Waals surface area contributed by atoms with E-state index in [-0.39, 0.29) is 17.7 Å². The number of benzene rings is 1. The van der Waals surface area contributed by atoms with Gasteiger partial charge in [0.05, 0.1) is 6.61 Å². The normalized spacial score (nSPS) is 12.0. The summed E-state index contributed by atoms with van der Waals surface area (Å²) in [6.07, 6.45) is 0.711. The Hall–Kier alpha value is -2.04. The Morgan fingerprint density at radius 3 is 2.42 bits per heavy atom. The van der Waals surface area contributed by atoms with Crippen molar-refractivity contribution >= 4 is 11.8 Å². The van der Waals surface area contributed by atoms with Crippen molar-refractivity contribution in [2.24, 2.45) is 5.92 Å². The summed E-state index contributed by atoms with van der Waals surface area (Å²) in [5.74, 6) is 0.598. The number of amides is 2. The number of carbonyl (C=O) groups excluding carboxylic acids is 2. The molecule has 1 rings (SSSR count). The fraction of sp³-hybridized carbons (Fsp3) is 0.579. The van der Waals surface area contributed by atoms with E-state index in [2.05, 4.69) is 23.6 Å². The smallest absolute Gasteiger partial charge is 0.242 e. The molecule has 0 aliphatic rings.